The van der Waals surface area contributed by atoms with Crippen LogP contribution in [0.15, 0.2) is 32.7 Å². The van der Waals surface area contributed by atoms with Gasteiger partial charge in [-0.3, -0.25) is 0 Å². The fourth-order valence-electron chi connectivity index (χ4n) is 2.60. The fraction of sp³-hybridized carbons (Fsp3) is 0.429. The molecular weight excluding hydrogens is 310 g/mol. The topological polar surface area (TPSA) is 25.2 Å². The summed E-state index contributed by atoms with van der Waals surface area (Å²) in [5.41, 5.74) is 1.35. The van der Waals surface area contributed by atoms with Crippen molar-refractivity contribution in [3.05, 3.63) is 44.4 Å². The van der Waals surface area contributed by atoms with Gasteiger partial charge in [-0.25, -0.2) is 0 Å². The average Bonchev–Trinajstić information content (AvgIpc) is 2.97. The summed E-state index contributed by atoms with van der Waals surface area (Å²) in [5.74, 6) is 1.17. The van der Waals surface area contributed by atoms with E-state index in [2.05, 4.69) is 46.4 Å². The highest BCUT2D eigenvalue weighted by Crippen LogP contribution is 2.34. The van der Waals surface area contributed by atoms with Gasteiger partial charge < -0.3 is 9.73 Å². The number of rotatable bonds is 3. The van der Waals surface area contributed by atoms with Crippen molar-refractivity contribution in [2.45, 2.75) is 38.3 Å². The van der Waals surface area contributed by atoms with Crippen molar-refractivity contribution in [3.8, 4) is 0 Å². The molecule has 18 heavy (non-hydrogen) atoms. The Hall–Kier alpha value is -0.580. The first-order chi connectivity index (χ1) is 8.74. The second kappa shape index (κ2) is 5.19. The number of halogens is 1. The molecule has 0 radical (unpaired) electrons. The summed E-state index contributed by atoms with van der Waals surface area (Å²) in [6.45, 7) is 2.23. The first-order valence-corrected chi connectivity index (χ1v) is 7.92. The highest BCUT2D eigenvalue weighted by Gasteiger charge is 2.24. The van der Waals surface area contributed by atoms with E-state index in [-0.39, 0.29) is 0 Å². The summed E-state index contributed by atoms with van der Waals surface area (Å²) in [7, 11) is 0. The van der Waals surface area contributed by atoms with Gasteiger partial charge in [0.1, 0.15) is 5.76 Å². The van der Waals surface area contributed by atoms with Crippen LogP contribution in [0.4, 0.5) is 0 Å². The molecule has 2 atom stereocenters. The van der Waals surface area contributed by atoms with E-state index in [9.17, 15) is 0 Å². The molecule has 1 N–H and O–H groups in total. The van der Waals surface area contributed by atoms with Crippen LogP contribution < -0.4 is 5.32 Å². The van der Waals surface area contributed by atoms with Crippen LogP contribution in [0.2, 0.25) is 0 Å². The Morgan fingerprint density at radius 3 is 3.11 bits per heavy atom. The Morgan fingerprint density at radius 1 is 1.44 bits per heavy atom. The third-order valence-electron chi connectivity index (χ3n) is 3.52. The van der Waals surface area contributed by atoms with Gasteiger partial charge in [0.15, 0.2) is 0 Å². The molecule has 0 spiro atoms. The largest absolute Gasteiger partial charge is 0.469 e. The van der Waals surface area contributed by atoms with E-state index in [0.717, 1.165) is 6.42 Å². The summed E-state index contributed by atoms with van der Waals surface area (Å²) in [4.78, 5) is 1.37. The van der Waals surface area contributed by atoms with Crippen LogP contribution in [0.25, 0.3) is 0 Å². The van der Waals surface area contributed by atoms with E-state index < -0.39 is 0 Å². The Balaban J connectivity index is 1.74. The zero-order valence-electron chi connectivity index (χ0n) is 10.3. The minimum Gasteiger partial charge on any atom is -0.469 e. The van der Waals surface area contributed by atoms with Crippen molar-refractivity contribution in [1.29, 1.82) is 0 Å². The van der Waals surface area contributed by atoms with Gasteiger partial charge in [0, 0.05) is 28.9 Å². The van der Waals surface area contributed by atoms with E-state index in [1.165, 1.54) is 32.8 Å². The zero-order valence-corrected chi connectivity index (χ0v) is 12.7. The third-order valence-corrected chi connectivity index (χ3v) is 5.33. The fourth-order valence-corrected chi connectivity index (χ4v) is 4.04. The smallest absolute Gasteiger partial charge is 0.108 e. The second-order valence-electron chi connectivity index (χ2n) is 4.77. The number of fused-ring (bicyclic) bond motifs is 1. The van der Waals surface area contributed by atoms with E-state index in [1.54, 1.807) is 11.3 Å². The number of aryl methyl sites for hydroxylation is 1. The zero-order chi connectivity index (χ0) is 12.5. The molecule has 2 aromatic heterocycles. The molecule has 96 valence electrons. The third kappa shape index (κ3) is 2.42. The first kappa shape index (κ1) is 12.5. The van der Waals surface area contributed by atoms with Crippen LogP contribution in [0.1, 0.15) is 48.0 Å². The van der Waals surface area contributed by atoms with Gasteiger partial charge in [0.2, 0.25) is 0 Å². The number of thiophene rings is 1. The van der Waals surface area contributed by atoms with Gasteiger partial charge in [0.25, 0.3) is 0 Å². The van der Waals surface area contributed by atoms with E-state index in [0.29, 0.717) is 12.1 Å². The highest BCUT2D eigenvalue weighted by atomic mass is 79.9. The van der Waals surface area contributed by atoms with Crippen LogP contribution in [0, 0.1) is 0 Å². The van der Waals surface area contributed by atoms with Gasteiger partial charge in [-0.15, -0.1) is 11.3 Å². The predicted octanol–water partition coefficient (Wildman–Crippen LogP) is 4.83. The average molecular weight is 326 g/mol. The molecule has 0 aromatic carbocycles. The van der Waals surface area contributed by atoms with Gasteiger partial charge in [-0.2, -0.15) is 0 Å². The lowest BCUT2D eigenvalue weighted by atomic mass is 9.93. The number of furan rings is 1. The molecule has 0 amide bonds. The molecule has 2 nitrogen and oxygen atoms in total. The number of hydrogen-bond acceptors (Lipinski definition) is 3. The lowest BCUT2D eigenvalue weighted by Gasteiger charge is -2.26. The SMILES string of the molecule is CC(NC1CCCc2occc21)c1ccc(Br)s1. The quantitative estimate of drug-likeness (QED) is 0.874. The molecule has 1 aliphatic carbocycles. The van der Waals surface area contributed by atoms with Crippen LogP contribution in [-0.2, 0) is 6.42 Å². The van der Waals surface area contributed by atoms with E-state index in [4.69, 9.17) is 4.42 Å². The Morgan fingerprint density at radius 2 is 2.33 bits per heavy atom. The maximum absolute atomic E-state index is 5.53. The molecule has 2 aromatic rings. The van der Waals surface area contributed by atoms with E-state index >= 15 is 0 Å². The number of nitrogens with one attached hydrogen (secondary N) is 1. The monoisotopic (exact) mass is 325 g/mol. The van der Waals surface area contributed by atoms with Crippen molar-refractivity contribution in [2.75, 3.05) is 0 Å². The molecule has 2 unspecified atom stereocenters. The minimum atomic E-state index is 0.382. The molecule has 0 aliphatic heterocycles. The molecule has 2 heterocycles. The van der Waals surface area contributed by atoms with Gasteiger partial charge in [-0.1, -0.05) is 0 Å². The molecule has 0 bridgehead atoms. The van der Waals surface area contributed by atoms with E-state index in [1.807, 2.05) is 6.26 Å². The molecule has 4 heteroatoms. The Labute approximate surface area is 120 Å². The van der Waals surface area contributed by atoms with Crippen LogP contribution in [-0.4, -0.2) is 0 Å². The summed E-state index contributed by atoms with van der Waals surface area (Å²) in [6, 6.07) is 7.23. The lowest BCUT2D eigenvalue weighted by molar-refractivity contribution is 0.387. The first-order valence-electron chi connectivity index (χ1n) is 6.31. The van der Waals surface area contributed by atoms with Crippen LogP contribution >= 0.6 is 27.3 Å². The Kier molecular flexibility index (Phi) is 3.59. The lowest BCUT2D eigenvalue weighted by Crippen LogP contribution is -2.26. The maximum Gasteiger partial charge on any atom is 0.108 e. The number of hydrogen-bond donors (Lipinski definition) is 1. The van der Waals surface area contributed by atoms with Crippen LogP contribution in [0.3, 0.4) is 0 Å². The van der Waals surface area contributed by atoms with Crippen molar-refractivity contribution in [1.82, 2.24) is 5.32 Å². The second-order valence-corrected chi connectivity index (χ2v) is 7.27. The summed E-state index contributed by atoms with van der Waals surface area (Å²) in [5, 5.41) is 3.72. The highest BCUT2D eigenvalue weighted by molar-refractivity contribution is 9.11. The molecular formula is C14H16BrNOS. The van der Waals surface area contributed by atoms with Gasteiger partial charge in [-0.05, 0) is 53.9 Å². The summed E-state index contributed by atoms with van der Waals surface area (Å²) in [6.07, 6.45) is 5.30. The molecule has 1 aliphatic rings. The molecule has 0 fully saturated rings. The van der Waals surface area contributed by atoms with Crippen molar-refractivity contribution >= 4 is 27.3 Å². The Bertz CT molecular complexity index is 533. The minimum absolute atomic E-state index is 0.382. The van der Waals surface area contributed by atoms with Crippen LogP contribution in [0.5, 0.6) is 0 Å². The van der Waals surface area contributed by atoms with Crippen molar-refractivity contribution in [3.63, 3.8) is 0 Å². The van der Waals surface area contributed by atoms with Crippen molar-refractivity contribution < 1.29 is 4.42 Å². The normalized spacial score (nSPS) is 20.7. The standard InChI is InChI=1S/C14H16BrNOS/c1-9(13-5-6-14(15)18-13)16-11-3-2-4-12-10(11)7-8-17-12/h5-9,11,16H,2-4H2,1H3. The van der Waals surface area contributed by atoms with Gasteiger partial charge in [0.05, 0.1) is 10.0 Å². The molecule has 0 saturated heterocycles. The molecule has 0 saturated carbocycles. The summed E-state index contributed by atoms with van der Waals surface area (Å²) >= 11 is 5.32. The maximum atomic E-state index is 5.53. The summed E-state index contributed by atoms with van der Waals surface area (Å²) < 4.78 is 6.73. The predicted molar refractivity (Wildman–Crippen MR) is 78.0 cm³/mol. The van der Waals surface area contributed by atoms with Crippen molar-refractivity contribution in [2.24, 2.45) is 0 Å². The molecule has 3 rings (SSSR count). The van der Waals surface area contributed by atoms with Gasteiger partial charge >= 0.3 is 0 Å².